The van der Waals surface area contributed by atoms with Gasteiger partial charge >= 0.3 is 188 Å². The number of halogens is 1. The van der Waals surface area contributed by atoms with Crippen LogP contribution in [0.1, 0.15) is 17.3 Å². The molecule has 0 unspecified atom stereocenters. The van der Waals surface area contributed by atoms with Gasteiger partial charge in [0.1, 0.15) is 0 Å². The maximum atomic E-state index is 12.3. The first-order chi connectivity index (χ1) is 15.1. The van der Waals surface area contributed by atoms with Crippen LogP contribution in [0.5, 0.6) is 0 Å². The van der Waals surface area contributed by atoms with Crippen molar-refractivity contribution in [3.8, 4) is 0 Å². The fourth-order valence-electron chi connectivity index (χ4n) is 4.11. The van der Waals surface area contributed by atoms with Crippen molar-refractivity contribution in [1.82, 2.24) is 0 Å². The van der Waals surface area contributed by atoms with Gasteiger partial charge in [-0.2, -0.15) is 0 Å². The van der Waals surface area contributed by atoms with Crippen molar-refractivity contribution in [2.45, 2.75) is 6.92 Å². The SMILES string of the molecule is CCOC(=O)c1ccc(P(Cl)(c2ccccc2)(c2ccccc2)c2ccccc2)cc1. The van der Waals surface area contributed by atoms with E-state index in [0.29, 0.717) is 12.2 Å². The Labute approximate surface area is 188 Å². The first-order valence-electron chi connectivity index (χ1n) is 10.3. The van der Waals surface area contributed by atoms with Crippen LogP contribution in [0.15, 0.2) is 115 Å². The maximum absolute atomic E-state index is 12.3. The van der Waals surface area contributed by atoms with Crippen LogP contribution in [-0.2, 0) is 4.74 Å². The van der Waals surface area contributed by atoms with E-state index < -0.39 is 5.96 Å². The number of ether oxygens (including phenoxy) is 1. The molecule has 0 radical (unpaired) electrons. The topological polar surface area (TPSA) is 26.3 Å². The third kappa shape index (κ3) is 3.47. The van der Waals surface area contributed by atoms with Crippen molar-refractivity contribution < 1.29 is 9.53 Å². The van der Waals surface area contributed by atoms with Crippen molar-refractivity contribution in [2.24, 2.45) is 0 Å². The molecule has 0 aliphatic rings. The normalized spacial score (nSPS) is 12.5. The van der Waals surface area contributed by atoms with E-state index in [1.54, 1.807) is 6.92 Å². The minimum absolute atomic E-state index is 0.330. The van der Waals surface area contributed by atoms with Gasteiger partial charge in [0.25, 0.3) is 0 Å². The van der Waals surface area contributed by atoms with Gasteiger partial charge in [-0.15, -0.1) is 0 Å². The van der Waals surface area contributed by atoms with Gasteiger partial charge in [0.15, 0.2) is 0 Å². The molecule has 0 aromatic heterocycles. The van der Waals surface area contributed by atoms with Crippen LogP contribution >= 0.6 is 17.2 Å². The van der Waals surface area contributed by atoms with Crippen LogP contribution in [0.3, 0.4) is 0 Å². The molecule has 0 N–H and O–H groups in total. The van der Waals surface area contributed by atoms with Crippen LogP contribution < -0.4 is 21.2 Å². The molecular weight excluding hydrogens is 423 g/mol. The molecule has 31 heavy (non-hydrogen) atoms. The van der Waals surface area contributed by atoms with Gasteiger partial charge in [0.05, 0.1) is 0 Å². The summed E-state index contributed by atoms with van der Waals surface area (Å²) in [5.41, 5.74) is 0.515. The van der Waals surface area contributed by atoms with Gasteiger partial charge in [-0.25, -0.2) is 0 Å². The van der Waals surface area contributed by atoms with Gasteiger partial charge in [-0.3, -0.25) is 0 Å². The Hall–Kier alpha value is -2.93. The molecule has 0 saturated heterocycles. The molecule has 0 atom stereocenters. The molecule has 2 nitrogen and oxygen atoms in total. The number of esters is 1. The first kappa shape index (κ1) is 21.3. The van der Waals surface area contributed by atoms with E-state index in [2.05, 4.69) is 36.4 Å². The first-order valence-corrected chi connectivity index (χ1v) is 13.4. The number of benzene rings is 4. The second-order valence-corrected chi connectivity index (χ2v) is 13.4. The zero-order chi connectivity index (χ0) is 21.8. The van der Waals surface area contributed by atoms with Gasteiger partial charge in [-0.1, -0.05) is 0 Å². The Bertz CT molecular complexity index is 1060. The molecule has 0 bridgehead atoms. The van der Waals surface area contributed by atoms with Crippen LogP contribution in [-0.4, -0.2) is 12.6 Å². The molecular formula is C27H24ClO2P. The summed E-state index contributed by atoms with van der Waals surface area (Å²) in [6.07, 6.45) is 0. The van der Waals surface area contributed by atoms with E-state index in [9.17, 15) is 4.79 Å². The Morgan fingerprint density at radius 3 is 1.35 bits per heavy atom. The average molecular weight is 447 g/mol. The monoisotopic (exact) mass is 446 g/mol. The van der Waals surface area contributed by atoms with E-state index in [0.717, 1.165) is 21.2 Å². The van der Waals surface area contributed by atoms with Crippen LogP contribution in [0.4, 0.5) is 0 Å². The Morgan fingerprint density at radius 1 is 0.645 bits per heavy atom. The van der Waals surface area contributed by atoms with Crippen molar-refractivity contribution in [3.63, 3.8) is 0 Å². The fraction of sp³-hybridized carbons (Fsp3) is 0.0741. The third-order valence-electron chi connectivity index (χ3n) is 5.59. The van der Waals surface area contributed by atoms with Crippen LogP contribution in [0.25, 0.3) is 0 Å². The average Bonchev–Trinajstić information content (AvgIpc) is 2.85. The third-order valence-corrected chi connectivity index (χ3v) is 13.0. The summed E-state index contributed by atoms with van der Waals surface area (Å²) < 4.78 is 5.17. The molecule has 4 rings (SSSR count). The standard InChI is InChI=1S/C27H24ClO2P/c1-2-30-27(29)22-18-20-26(21-19-22)31(28,23-12-6-3-7-13-23,24-14-8-4-9-15-24)25-16-10-5-11-17-25/h3-21H,2H2,1H3. The number of hydrogen-bond donors (Lipinski definition) is 0. The number of hydrogen-bond acceptors (Lipinski definition) is 2. The zero-order valence-corrected chi connectivity index (χ0v) is 19.0. The van der Waals surface area contributed by atoms with Gasteiger partial charge in [0, 0.05) is 0 Å². The van der Waals surface area contributed by atoms with Gasteiger partial charge < -0.3 is 0 Å². The number of carbonyl (C=O) groups is 1. The quantitative estimate of drug-likeness (QED) is 0.301. The molecule has 0 fully saturated rings. The molecule has 0 heterocycles. The molecule has 156 valence electrons. The summed E-state index contributed by atoms with van der Waals surface area (Å²) in [5.74, 6) is -3.91. The van der Waals surface area contributed by atoms with E-state index in [1.807, 2.05) is 78.9 Å². The second-order valence-electron chi connectivity index (χ2n) is 7.28. The number of carbonyl (C=O) groups excluding carboxylic acids is 1. The van der Waals surface area contributed by atoms with E-state index in [-0.39, 0.29) is 5.97 Å². The van der Waals surface area contributed by atoms with E-state index in [1.165, 1.54) is 0 Å². The summed E-state index contributed by atoms with van der Waals surface area (Å²) in [6, 6.07) is 38.3. The Balaban J connectivity index is 2.08. The Morgan fingerprint density at radius 2 is 1.00 bits per heavy atom. The van der Waals surface area contributed by atoms with Crippen molar-refractivity contribution in [2.75, 3.05) is 6.61 Å². The molecule has 0 spiro atoms. The second kappa shape index (κ2) is 8.67. The zero-order valence-electron chi connectivity index (χ0n) is 17.3. The van der Waals surface area contributed by atoms with E-state index >= 15 is 0 Å². The van der Waals surface area contributed by atoms with Gasteiger partial charge in [-0.05, 0) is 0 Å². The molecule has 0 aliphatic carbocycles. The Kier molecular flexibility index (Phi) is 5.96. The van der Waals surface area contributed by atoms with Gasteiger partial charge in [0.2, 0.25) is 0 Å². The van der Waals surface area contributed by atoms with Crippen molar-refractivity contribution in [1.29, 1.82) is 0 Å². The number of rotatable bonds is 6. The summed E-state index contributed by atoms with van der Waals surface area (Å²) in [6.45, 7) is 2.14. The fourth-order valence-corrected chi connectivity index (χ4v) is 10.2. The summed E-state index contributed by atoms with van der Waals surface area (Å²) >= 11 is 8.11. The van der Waals surface area contributed by atoms with Crippen molar-refractivity contribution >= 4 is 44.4 Å². The summed E-state index contributed by atoms with van der Waals surface area (Å²) in [7, 11) is 0. The summed E-state index contributed by atoms with van der Waals surface area (Å²) in [4.78, 5) is 12.3. The molecule has 4 aromatic carbocycles. The summed E-state index contributed by atoms with van der Waals surface area (Å²) in [5, 5.41) is 4.13. The van der Waals surface area contributed by atoms with E-state index in [4.69, 9.17) is 16.0 Å². The predicted octanol–water partition coefficient (Wildman–Crippen LogP) is 5.17. The molecule has 0 amide bonds. The van der Waals surface area contributed by atoms with Crippen LogP contribution in [0, 0.1) is 0 Å². The minimum atomic E-state index is -3.58. The van der Waals surface area contributed by atoms with Crippen LogP contribution in [0.2, 0.25) is 0 Å². The predicted molar refractivity (Wildman–Crippen MR) is 133 cm³/mol. The molecule has 0 aliphatic heterocycles. The molecule has 4 aromatic rings. The molecule has 0 saturated carbocycles. The van der Waals surface area contributed by atoms with Crippen molar-refractivity contribution in [3.05, 3.63) is 121 Å². The molecule has 4 heteroatoms.